The molecule has 3 amide bonds. The molecule has 0 spiro atoms. The summed E-state index contributed by atoms with van der Waals surface area (Å²) in [4.78, 5) is 55.9. The maximum Gasteiger partial charge on any atom is 0.326 e. The van der Waals surface area contributed by atoms with Crippen LogP contribution in [-0.4, -0.2) is 95.5 Å². The fourth-order valence-corrected chi connectivity index (χ4v) is 4.68. The molecular formula is C21H37N7O5S. The van der Waals surface area contributed by atoms with Crippen LogP contribution in [0.1, 0.15) is 44.9 Å². The first kappa shape index (κ1) is 27.7. The first-order valence-electron chi connectivity index (χ1n) is 11.7. The molecule has 4 atom stereocenters. The van der Waals surface area contributed by atoms with Crippen LogP contribution in [0.25, 0.3) is 0 Å². The fraction of sp³-hybridized carbons (Fsp3) is 0.762. The van der Waals surface area contributed by atoms with Crippen LogP contribution < -0.4 is 27.4 Å². The smallest absolute Gasteiger partial charge is 0.326 e. The molecule has 34 heavy (non-hydrogen) atoms. The number of nitrogens with one attached hydrogen (secondary N) is 3. The van der Waals surface area contributed by atoms with E-state index in [1.807, 2.05) is 6.26 Å². The molecule has 4 unspecified atom stereocenters. The number of hydrogen-bond acceptors (Lipinski definition) is 7. The molecule has 2 heterocycles. The zero-order valence-electron chi connectivity index (χ0n) is 19.6. The normalized spacial score (nSPS) is 21.5. The third-order valence-electron chi connectivity index (χ3n) is 6.00. The maximum atomic E-state index is 13.1. The van der Waals surface area contributed by atoms with Gasteiger partial charge in [-0.05, 0) is 63.5 Å². The van der Waals surface area contributed by atoms with E-state index in [-0.39, 0.29) is 36.8 Å². The molecule has 12 nitrogen and oxygen atoms in total. The number of carbonyl (C=O) groups is 4. The van der Waals surface area contributed by atoms with Gasteiger partial charge in [0.15, 0.2) is 5.96 Å². The lowest BCUT2D eigenvalue weighted by atomic mass is 10.1. The van der Waals surface area contributed by atoms with E-state index in [4.69, 9.17) is 11.5 Å². The highest BCUT2D eigenvalue weighted by Gasteiger charge is 2.39. The molecule has 2 fully saturated rings. The SMILES string of the molecule is CSCCC(NC(=O)C1CCCN1C(=O)C1CCCN1)C(=O)NC(CCCN=C(N)N)C(=O)O. The summed E-state index contributed by atoms with van der Waals surface area (Å²) in [5, 5.41) is 18.0. The molecule has 2 saturated heterocycles. The lowest BCUT2D eigenvalue weighted by molar-refractivity contribution is -0.143. The van der Waals surface area contributed by atoms with Crippen LogP contribution >= 0.6 is 11.8 Å². The van der Waals surface area contributed by atoms with Gasteiger partial charge < -0.3 is 37.4 Å². The minimum absolute atomic E-state index is 0.0769. The fourth-order valence-electron chi connectivity index (χ4n) is 4.20. The number of guanidine groups is 1. The summed E-state index contributed by atoms with van der Waals surface area (Å²) in [5.74, 6) is -1.69. The predicted octanol–water partition coefficient (Wildman–Crippen LogP) is -1.41. The quantitative estimate of drug-likeness (QED) is 0.100. The number of amides is 3. The van der Waals surface area contributed by atoms with E-state index in [1.54, 1.807) is 4.90 Å². The van der Waals surface area contributed by atoms with Crippen molar-refractivity contribution in [1.29, 1.82) is 0 Å². The van der Waals surface area contributed by atoms with Crippen molar-refractivity contribution in [3.8, 4) is 0 Å². The first-order chi connectivity index (χ1) is 16.2. The molecule has 0 aromatic heterocycles. The number of carboxylic acids is 1. The largest absolute Gasteiger partial charge is 0.480 e. The highest BCUT2D eigenvalue weighted by atomic mass is 32.2. The maximum absolute atomic E-state index is 13.1. The molecule has 2 aliphatic rings. The van der Waals surface area contributed by atoms with Crippen LogP contribution in [0.5, 0.6) is 0 Å². The van der Waals surface area contributed by atoms with Crippen LogP contribution in [0.4, 0.5) is 0 Å². The zero-order valence-corrected chi connectivity index (χ0v) is 20.4. The molecule has 0 saturated carbocycles. The molecular weight excluding hydrogens is 462 g/mol. The molecule has 0 radical (unpaired) electrons. The number of carbonyl (C=O) groups excluding carboxylic acids is 3. The van der Waals surface area contributed by atoms with E-state index in [0.717, 1.165) is 25.8 Å². The monoisotopic (exact) mass is 499 g/mol. The molecule has 2 rings (SSSR count). The Kier molecular flexibility index (Phi) is 11.4. The molecule has 0 aromatic carbocycles. The number of rotatable bonds is 13. The Morgan fingerprint density at radius 3 is 2.53 bits per heavy atom. The van der Waals surface area contributed by atoms with Crippen molar-refractivity contribution >= 4 is 41.4 Å². The van der Waals surface area contributed by atoms with Crippen molar-refractivity contribution < 1.29 is 24.3 Å². The summed E-state index contributed by atoms with van der Waals surface area (Å²) < 4.78 is 0. The van der Waals surface area contributed by atoms with Gasteiger partial charge >= 0.3 is 5.97 Å². The van der Waals surface area contributed by atoms with Crippen LogP contribution in [0.3, 0.4) is 0 Å². The number of thioether (sulfide) groups is 1. The molecule has 0 aliphatic carbocycles. The molecule has 13 heteroatoms. The number of nitrogens with two attached hydrogens (primary N) is 2. The summed E-state index contributed by atoms with van der Waals surface area (Å²) in [5.41, 5.74) is 10.5. The van der Waals surface area contributed by atoms with Gasteiger partial charge in [0.1, 0.15) is 18.1 Å². The van der Waals surface area contributed by atoms with Crippen molar-refractivity contribution in [2.45, 2.75) is 69.1 Å². The minimum atomic E-state index is -1.18. The number of likely N-dealkylation sites (tertiary alicyclic amines) is 1. The van der Waals surface area contributed by atoms with Gasteiger partial charge in [-0.3, -0.25) is 19.4 Å². The van der Waals surface area contributed by atoms with Gasteiger partial charge in [0.2, 0.25) is 17.7 Å². The topological polar surface area (TPSA) is 192 Å². The Balaban J connectivity index is 2.00. The molecule has 8 N–H and O–H groups in total. The number of aliphatic imine (C=N–C) groups is 1. The Hall–Kier alpha value is -2.54. The Morgan fingerprint density at radius 1 is 1.15 bits per heavy atom. The van der Waals surface area contributed by atoms with Crippen LogP contribution in [0.2, 0.25) is 0 Å². The summed E-state index contributed by atoms with van der Waals surface area (Å²) in [7, 11) is 0. The van der Waals surface area contributed by atoms with E-state index in [9.17, 15) is 24.3 Å². The van der Waals surface area contributed by atoms with E-state index < -0.39 is 30.0 Å². The zero-order chi connectivity index (χ0) is 25.1. The lowest BCUT2D eigenvalue weighted by Crippen LogP contribution is -2.56. The lowest BCUT2D eigenvalue weighted by Gasteiger charge is -2.28. The number of hydrogen-bond donors (Lipinski definition) is 6. The first-order valence-corrected chi connectivity index (χ1v) is 13.1. The standard InChI is InChI=1S/C21H37N7O5S/c1-34-12-8-13(17(29)27-15(20(32)33)6-3-10-25-21(22)23)26-18(30)16-7-4-11-28(16)19(31)14-5-2-9-24-14/h13-16,24H,2-12H2,1H3,(H,26,30)(H,27,29)(H,32,33)(H4,22,23,25). The van der Waals surface area contributed by atoms with E-state index in [2.05, 4.69) is 20.9 Å². The summed E-state index contributed by atoms with van der Waals surface area (Å²) in [6.07, 6.45) is 5.65. The van der Waals surface area contributed by atoms with Crippen LogP contribution in [0, 0.1) is 0 Å². The number of carboxylic acid groups (broad SMARTS) is 1. The van der Waals surface area contributed by atoms with Gasteiger partial charge in [0, 0.05) is 13.1 Å². The highest BCUT2D eigenvalue weighted by molar-refractivity contribution is 7.98. The second-order valence-corrected chi connectivity index (χ2v) is 9.52. The van der Waals surface area contributed by atoms with E-state index >= 15 is 0 Å². The second kappa shape index (κ2) is 14.0. The molecule has 0 bridgehead atoms. The minimum Gasteiger partial charge on any atom is -0.480 e. The third kappa shape index (κ3) is 8.35. The summed E-state index contributed by atoms with van der Waals surface area (Å²) in [6, 6.07) is -2.93. The average Bonchev–Trinajstić information content (AvgIpc) is 3.50. The van der Waals surface area contributed by atoms with E-state index in [1.165, 1.54) is 11.8 Å². The van der Waals surface area contributed by atoms with Crippen molar-refractivity contribution in [1.82, 2.24) is 20.9 Å². The molecule has 2 aliphatic heterocycles. The van der Waals surface area contributed by atoms with Crippen molar-refractivity contribution in [3.05, 3.63) is 0 Å². The summed E-state index contributed by atoms with van der Waals surface area (Å²) in [6.45, 7) is 1.54. The van der Waals surface area contributed by atoms with Gasteiger partial charge in [-0.15, -0.1) is 0 Å². The average molecular weight is 500 g/mol. The number of aliphatic carboxylic acids is 1. The molecule has 192 valence electrons. The van der Waals surface area contributed by atoms with Crippen LogP contribution in [-0.2, 0) is 19.2 Å². The van der Waals surface area contributed by atoms with Gasteiger partial charge in [-0.1, -0.05) is 0 Å². The van der Waals surface area contributed by atoms with Gasteiger partial charge in [-0.25, -0.2) is 4.79 Å². The predicted molar refractivity (Wildman–Crippen MR) is 130 cm³/mol. The van der Waals surface area contributed by atoms with E-state index in [0.29, 0.717) is 31.6 Å². The number of nitrogens with zero attached hydrogens (tertiary/aromatic N) is 2. The third-order valence-corrected chi connectivity index (χ3v) is 6.64. The summed E-state index contributed by atoms with van der Waals surface area (Å²) >= 11 is 1.51. The Labute approximate surface area is 204 Å². The Bertz CT molecular complexity index is 756. The van der Waals surface area contributed by atoms with Crippen molar-refractivity contribution in [3.63, 3.8) is 0 Å². The van der Waals surface area contributed by atoms with Crippen molar-refractivity contribution in [2.24, 2.45) is 16.5 Å². The van der Waals surface area contributed by atoms with Crippen LogP contribution in [0.15, 0.2) is 4.99 Å². The van der Waals surface area contributed by atoms with Gasteiger partial charge in [0.05, 0.1) is 6.04 Å². The Morgan fingerprint density at radius 2 is 1.91 bits per heavy atom. The van der Waals surface area contributed by atoms with Gasteiger partial charge in [0.25, 0.3) is 0 Å². The second-order valence-electron chi connectivity index (χ2n) is 8.53. The highest BCUT2D eigenvalue weighted by Crippen LogP contribution is 2.21. The van der Waals surface area contributed by atoms with Crippen molar-refractivity contribution in [2.75, 3.05) is 31.6 Å². The van der Waals surface area contributed by atoms with Gasteiger partial charge in [-0.2, -0.15) is 11.8 Å². The molecule has 0 aromatic rings.